The van der Waals surface area contributed by atoms with Crippen molar-refractivity contribution in [3.63, 3.8) is 0 Å². The summed E-state index contributed by atoms with van der Waals surface area (Å²) in [5, 5.41) is 0. The topological polar surface area (TPSA) is 27.7 Å². The van der Waals surface area contributed by atoms with Crippen molar-refractivity contribution in [2.24, 2.45) is 0 Å². The maximum absolute atomic E-state index is 6.15. The first-order valence-electron chi connectivity index (χ1n) is 9.13. The van der Waals surface area contributed by atoms with Crippen LogP contribution >= 0.6 is 37.0 Å². The fourth-order valence-electron chi connectivity index (χ4n) is 2.15. The van der Waals surface area contributed by atoms with Gasteiger partial charge in [-0.3, -0.25) is 0 Å². The van der Waals surface area contributed by atoms with Crippen molar-refractivity contribution in [1.82, 2.24) is 0 Å². The molecule has 0 heterocycles. The maximum Gasteiger partial charge on any atom is 0.641 e. The van der Waals surface area contributed by atoms with Crippen LogP contribution in [0.5, 0.6) is 0 Å². The lowest BCUT2D eigenvalue weighted by Crippen LogP contribution is -2.35. The molecule has 25 heavy (non-hydrogen) atoms. The van der Waals surface area contributed by atoms with E-state index in [0.717, 1.165) is 38.5 Å². The normalized spacial score (nSPS) is 14.9. The Balaban J connectivity index is 2.70. The van der Waals surface area contributed by atoms with Gasteiger partial charge in [-0.1, -0.05) is 70.0 Å². The van der Waals surface area contributed by atoms with Crippen molar-refractivity contribution in [3.05, 3.63) is 30.3 Å². The Labute approximate surface area is 169 Å². The summed E-state index contributed by atoms with van der Waals surface area (Å²) in [4.78, 5) is 1.17. The number of hydrogen-bond acceptors (Lipinski definition) is 6. The minimum atomic E-state index is -0.754. The van der Waals surface area contributed by atoms with E-state index in [1.807, 2.05) is 18.2 Å². The summed E-state index contributed by atoms with van der Waals surface area (Å²) in [5.41, 5.74) is -0.455. The molecule has 0 saturated carbocycles. The van der Waals surface area contributed by atoms with Crippen molar-refractivity contribution < 1.29 is 14.0 Å². The minimum absolute atomic E-state index is 0.0401. The molecule has 0 N–H and O–H groups in total. The van der Waals surface area contributed by atoms with E-state index < -0.39 is 7.32 Å². The number of thiol groups is 2. The van der Waals surface area contributed by atoms with Crippen LogP contribution in [-0.4, -0.2) is 23.6 Å². The van der Waals surface area contributed by atoms with Gasteiger partial charge in [-0.25, -0.2) is 0 Å². The molecule has 3 atom stereocenters. The highest BCUT2D eigenvalue weighted by Gasteiger charge is 2.30. The third-order valence-electron chi connectivity index (χ3n) is 3.41. The molecule has 0 aromatic heterocycles. The molecule has 1 aromatic rings. The Bertz CT molecular complexity index is 425. The molecule has 3 unspecified atom stereocenters. The Morgan fingerprint density at radius 1 is 0.840 bits per heavy atom. The van der Waals surface area contributed by atoms with Gasteiger partial charge in [-0.15, -0.1) is 25.3 Å². The monoisotopic (exact) mass is 402 g/mol. The molecule has 0 fully saturated rings. The summed E-state index contributed by atoms with van der Waals surface area (Å²) in [5.74, 6) is 0. The quantitative estimate of drug-likeness (QED) is 0.171. The van der Waals surface area contributed by atoms with Gasteiger partial charge in [0.2, 0.25) is 0 Å². The van der Waals surface area contributed by atoms with Crippen molar-refractivity contribution in [2.75, 3.05) is 0 Å². The Kier molecular flexibility index (Phi) is 13.3. The molecule has 0 aliphatic rings. The van der Waals surface area contributed by atoms with E-state index in [-0.39, 0.29) is 16.3 Å². The van der Waals surface area contributed by atoms with E-state index in [9.17, 15) is 0 Å². The Morgan fingerprint density at radius 3 is 1.84 bits per heavy atom. The van der Waals surface area contributed by atoms with E-state index in [4.69, 9.17) is 14.0 Å². The van der Waals surface area contributed by atoms with E-state index in [1.54, 1.807) is 11.8 Å². The van der Waals surface area contributed by atoms with Crippen molar-refractivity contribution in [3.8, 4) is 0 Å². The summed E-state index contributed by atoms with van der Waals surface area (Å²) in [6.45, 7) is 6.36. The van der Waals surface area contributed by atoms with Gasteiger partial charge in [-0.05, 0) is 31.4 Å². The predicted octanol–water partition coefficient (Wildman–Crippen LogP) is 6.05. The molecule has 0 amide bonds. The third-order valence-corrected chi connectivity index (χ3v) is 5.32. The van der Waals surface area contributed by atoms with Gasteiger partial charge < -0.3 is 14.0 Å². The van der Waals surface area contributed by atoms with Gasteiger partial charge in [0.1, 0.15) is 0 Å². The first-order chi connectivity index (χ1) is 12.1. The largest absolute Gasteiger partial charge is 0.641 e. The first kappa shape index (κ1) is 23.3. The van der Waals surface area contributed by atoms with Crippen LogP contribution in [0.15, 0.2) is 35.2 Å². The van der Waals surface area contributed by atoms with Crippen LogP contribution in [0.4, 0.5) is 0 Å². The molecule has 7 heteroatoms. The Hall–Kier alpha value is 0.215. The molecule has 1 rings (SSSR count). The van der Waals surface area contributed by atoms with E-state index in [0.29, 0.717) is 0 Å². The molecule has 0 spiro atoms. The van der Waals surface area contributed by atoms with Crippen LogP contribution in [0.2, 0.25) is 0 Å². The van der Waals surface area contributed by atoms with E-state index in [2.05, 4.69) is 58.2 Å². The SMILES string of the molecule is CCCC(S)OB(OC(S)CCC)OC(CCC)Sc1ccccc1. The lowest BCUT2D eigenvalue weighted by Gasteiger charge is -2.25. The van der Waals surface area contributed by atoms with E-state index in [1.165, 1.54) is 4.90 Å². The Morgan fingerprint density at radius 2 is 1.36 bits per heavy atom. The summed E-state index contributed by atoms with van der Waals surface area (Å²) < 4.78 is 17.9. The second-order valence-electron chi connectivity index (χ2n) is 5.83. The lowest BCUT2D eigenvalue weighted by atomic mass is 10.2. The number of rotatable bonds is 14. The molecular formula is C18H31BO3S3. The van der Waals surface area contributed by atoms with Crippen molar-refractivity contribution >= 4 is 44.3 Å². The average Bonchev–Trinajstić information content (AvgIpc) is 2.56. The van der Waals surface area contributed by atoms with Crippen molar-refractivity contribution in [1.29, 1.82) is 0 Å². The van der Waals surface area contributed by atoms with Crippen LogP contribution in [0, 0.1) is 0 Å². The molecule has 0 aliphatic carbocycles. The first-order valence-corrected chi connectivity index (χ1v) is 11.0. The molecule has 0 bridgehead atoms. The molecule has 3 nitrogen and oxygen atoms in total. The fraction of sp³-hybridized carbons (Fsp3) is 0.667. The molecule has 0 aliphatic heterocycles. The van der Waals surface area contributed by atoms with Crippen molar-refractivity contribution in [2.45, 2.75) is 80.5 Å². The highest BCUT2D eigenvalue weighted by atomic mass is 32.2. The smallest absolute Gasteiger partial charge is 0.374 e. The standard InChI is InChI=1S/C18H31BO3S3/c1-4-10-16(23)20-19(21-17(24)11-5-2)22-18(12-6-3)25-15-13-8-7-9-14-15/h7-9,13-14,16-18,23-24H,4-6,10-12H2,1-3H3. The molecule has 1 aromatic carbocycles. The van der Waals surface area contributed by atoms with Gasteiger partial charge in [0.25, 0.3) is 0 Å². The lowest BCUT2D eigenvalue weighted by molar-refractivity contribution is 0.0640. The van der Waals surface area contributed by atoms with Crippen LogP contribution in [-0.2, 0) is 14.0 Å². The predicted molar refractivity (Wildman–Crippen MR) is 115 cm³/mol. The van der Waals surface area contributed by atoms with E-state index >= 15 is 0 Å². The fourth-order valence-corrected chi connectivity index (χ4v) is 3.98. The number of hydrogen-bond donors (Lipinski definition) is 2. The maximum atomic E-state index is 6.15. The highest BCUT2D eigenvalue weighted by Crippen LogP contribution is 2.28. The molecule has 142 valence electrons. The number of benzene rings is 1. The average molecular weight is 402 g/mol. The zero-order chi connectivity index (χ0) is 18.5. The zero-order valence-corrected chi connectivity index (χ0v) is 18.1. The summed E-state index contributed by atoms with van der Waals surface area (Å²) in [6.07, 6.45) is 5.63. The van der Waals surface area contributed by atoms with Gasteiger partial charge in [-0.2, -0.15) is 0 Å². The van der Waals surface area contributed by atoms with Crippen LogP contribution in [0.1, 0.15) is 59.3 Å². The van der Waals surface area contributed by atoms with Crippen LogP contribution in [0.25, 0.3) is 0 Å². The highest BCUT2D eigenvalue weighted by molar-refractivity contribution is 7.99. The molecule has 0 saturated heterocycles. The molecule has 0 radical (unpaired) electrons. The summed E-state index contributed by atoms with van der Waals surface area (Å²) >= 11 is 10.7. The third kappa shape index (κ3) is 10.8. The summed E-state index contributed by atoms with van der Waals surface area (Å²) in [6, 6.07) is 10.3. The minimum Gasteiger partial charge on any atom is -0.374 e. The van der Waals surface area contributed by atoms with Gasteiger partial charge in [0.05, 0.1) is 16.3 Å². The van der Waals surface area contributed by atoms with Gasteiger partial charge >= 0.3 is 7.32 Å². The zero-order valence-electron chi connectivity index (χ0n) is 15.5. The van der Waals surface area contributed by atoms with Gasteiger partial charge in [0, 0.05) is 4.90 Å². The molecular weight excluding hydrogens is 371 g/mol. The second-order valence-corrected chi connectivity index (χ2v) is 8.22. The van der Waals surface area contributed by atoms with Crippen LogP contribution in [0.3, 0.4) is 0 Å². The van der Waals surface area contributed by atoms with Gasteiger partial charge in [0.15, 0.2) is 0 Å². The number of thioether (sulfide) groups is 1. The summed E-state index contributed by atoms with van der Waals surface area (Å²) in [7, 11) is -0.754. The second kappa shape index (κ2) is 14.3. The van der Waals surface area contributed by atoms with Crippen LogP contribution < -0.4 is 0 Å².